The fourth-order valence-electron chi connectivity index (χ4n) is 4.10. The molecule has 39 heavy (non-hydrogen) atoms. The zero-order valence-electron chi connectivity index (χ0n) is 21.5. The molecular formula is C25H28F3N5O4S2. The van der Waals surface area contributed by atoms with Crippen molar-refractivity contribution < 1.29 is 31.1 Å². The van der Waals surface area contributed by atoms with Crippen molar-refractivity contribution in [3.63, 3.8) is 0 Å². The lowest BCUT2D eigenvalue weighted by molar-refractivity contribution is -0.137. The molecule has 4 rings (SSSR count). The van der Waals surface area contributed by atoms with Crippen LogP contribution in [0.2, 0.25) is 0 Å². The van der Waals surface area contributed by atoms with Gasteiger partial charge in [-0.05, 0) is 38.8 Å². The van der Waals surface area contributed by atoms with Crippen molar-refractivity contribution in [2.75, 3.05) is 22.7 Å². The largest absolute Gasteiger partial charge is 0.443 e. The molecule has 0 radical (unpaired) electrons. The van der Waals surface area contributed by atoms with E-state index in [-0.39, 0.29) is 21.9 Å². The fraction of sp³-hybridized carbons (Fsp3) is 0.400. The van der Waals surface area contributed by atoms with Gasteiger partial charge in [0.05, 0.1) is 23.0 Å². The number of halogens is 3. The lowest BCUT2D eigenvalue weighted by Crippen LogP contribution is -2.41. The number of anilines is 2. The third kappa shape index (κ3) is 7.05. The number of aromatic nitrogens is 2. The average molecular weight is 584 g/mol. The van der Waals surface area contributed by atoms with Crippen LogP contribution in [0.3, 0.4) is 0 Å². The predicted octanol–water partition coefficient (Wildman–Crippen LogP) is 5.37. The van der Waals surface area contributed by atoms with E-state index in [0.717, 1.165) is 23.1 Å². The van der Waals surface area contributed by atoms with E-state index in [2.05, 4.69) is 20.2 Å². The lowest BCUT2D eigenvalue weighted by Gasteiger charge is -2.26. The molecule has 1 amide bonds. The van der Waals surface area contributed by atoms with Crippen molar-refractivity contribution in [1.29, 1.82) is 0 Å². The van der Waals surface area contributed by atoms with Crippen LogP contribution in [-0.4, -0.2) is 54.1 Å². The summed E-state index contributed by atoms with van der Waals surface area (Å²) in [5.74, 6) is -0.309. The SMILES string of the molecule is CC(C)(C)OC(=O)N(c1cscn1)S(=O)(=O)c1cc(C(F)(F)F)c(N[C@H]2CCN(Cc3ccccc3)C2)cn1. The van der Waals surface area contributed by atoms with E-state index in [1.54, 1.807) is 0 Å². The number of alkyl halides is 3. The zero-order chi connectivity index (χ0) is 28.4. The lowest BCUT2D eigenvalue weighted by atomic mass is 10.2. The number of carbonyl (C=O) groups excluding carboxylic acids is 1. The first-order valence-corrected chi connectivity index (χ1v) is 14.4. The number of nitrogens with zero attached hydrogens (tertiary/aromatic N) is 4. The van der Waals surface area contributed by atoms with Gasteiger partial charge < -0.3 is 10.1 Å². The number of carbonyl (C=O) groups is 1. The number of pyridine rings is 1. The van der Waals surface area contributed by atoms with Gasteiger partial charge in [0.2, 0.25) is 0 Å². The van der Waals surface area contributed by atoms with Crippen LogP contribution in [0.4, 0.5) is 29.5 Å². The number of nitrogens with one attached hydrogen (secondary N) is 1. The van der Waals surface area contributed by atoms with E-state index in [1.807, 2.05) is 30.3 Å². The summed E-state index contributed by atoms with van der Waals surface area (Å²) in [5.41, 5.74) is -0.244. The summed E-state index contributed by atoms with van der Waals surface area (Å²) in [6.45, 7) is 6.44. The normalized spacial score (nSPS) is 16.7. The number of thiazole rings is 1. The Labute approximate surface area is 228 Å². The average Bonchev–Trinajstić information content (AvgIpc) is 3.50. The summed E-state index contributed by atoms with van der Waals surface area (Å²) in [4.78, 5) is 22.6. The molecule has 1 aromatic carbocycles. The van der Waals surface area contributed by atoms with Gasteiger partial charge in [-0.15, -0.1) is 15.6 Å². The second kappa shape index (κ2) is 11.1. The summed E-state index contributed by atoms with van der Waals surface area (Å²) >= 11 is 1.00. The highest BCUT2D eigenvalue weighted by molar-refractivity contribution is 7.93. The van der Waals surface area contributed by atoms with Crippen LogP contribution in [0.5, 0.6) is 0 Å². The Kier molecular flexibility index (Phi) is 8.19. The Morgan fingerprint density at radius 2 is 1.92 bits per heavy atom. The molecule has 1 aliphatic rings. The molecule has 0 bridgehead atoms. The van der Waals surface area contributed by atoms with Crippen LogP contribution in [0.25, 0.3) is 0 Å². The molecule has 2 aromatic heterocycles. The van der Waals surface area contributed by atoms with Crippen LogP contribution >= 0.6 is 11.3 Å². The number of benzene rings is 1. The molecule has 0 aliphatic carbocycles. The summed E-state index contributed by atoms with van der Waals surface area (Å²) in [6, 6.07) is 9.87. The van der Waals surface area contributed by atoms with E-state index in [0.29, 0.717) is 32.1 Å². The maximum absolute atomic E-state index is 14.1. The summed E-state index contributed by atoms with van der Waals surface area (Å²) in [5, 5.41) is 3.19. The van der Waals surface area contributed by atoms with Gasteiger partial charge in [0.15, 0.2) is 10.8 Å². The minimum atomic E-state index is -4.91. The summed E-state index contributed by atoms with van der Waals surface area (Å²) < 4.78 is 74.7. The maximum Gasteiger partial charge on any atom is 0.430 e. The van der Waals surface area contributed by atoms with Crippen molar-refractivity contribution in [2.45, 2.75) is 56.6 Å². The molecular weight excluding hydrogens is 555 g/mol. The van der Waals surface area contributed by atoms with Crippen molar-refractivity contribution in [3.05, 3.63) is 64.6 Å². The fourth-order valence-corrected chi connectivity index (χ4v) is 5.90. The van der Waals surface area contributed by atoms with Crippen LogP contribution < -0.4 is 9.62 Å². The molecule has 3 heterocycles. The first-order chi connectivity index (χ1) is 18.2. The van der Waals surface area contributed by atoms with Crippen LogP contribution in [0.15, 0.2) is 58.5 Å². The summed E-state index contributed by atoms with van der Waals surface area (Å²) in [7, 11) is -4.91. The van der Waals surface area contributed by atoms with Gasteiger partial charge in [-0.25, -0.2) is 14.8 Å². The smallest absolute Gasteiger partial charge is 0.430 e. The Hall–Kier alpha value is -3.23. The molecule has 1 aliphatic heterocycles. The Morgan fingerprint density at radius 1 is 1.21 bits per heavy atom. The number of hydrogen-bond donors (Lipinski definition) is 1. The highest BCUT2D eigenvalue weighted by atomic mass is 32.2. The molecule has 1 atom stereocenters. The number of rotatable bonds is 7. The monoisotopic (exact) mass is 583 g/mol. The molecule has 210 valence electrons. The maximum atomic E-state index is 14.1. The zero-order valence-corrected chi connectivity index (χ0v) is 23.1. The van der Waals surface area contributed by atoms with E-state index in [4.69, 9.17) is 4.74 Å². The van der Waals surface area contributed by atoms with E-state index in [9.17, 15) is 26.4 Å². The molecule has 9 nitrogen and oxygen atoms in total. The number of sulfonamides is 1. The van der Waals surface area contributed by atoms with Gasteiger partial charge in [0.25, 0.3) is 10.0 Å². The van der Waals surface area contributed by atoms with Gasteiger partial charge >= 0.3 is 12.3 Å². The van der Waals surface area contributed by atoms with Gasteiger partial charge in [0, 0.05) is 31.1 Å². The van der Waals surface area contributed by atoms with Crippen LogP contribution in [0.1, 0.15) is 38.3 Å². The highest BCUT2D eigenvalue weighted by Gasteiger charge is 2.41. The first-order valence-electron chi connectivity index (χ1n) is 12.0. The van der Waals surface area contributed by atoms with Crippen LogP contribution in [0, 0.1) is 0 Å². The second-order valence-electron chi connectivity index (χ2n) is 10.0. The number of likely N-dealkylation sites (tertiary alicyclic amines) is 1. The minimum Gasteiger partial charge on any atom is -0.443 e. The quantitative estimate of drug-likeness (QED) is 0.396. The standard InChI is InChI=1S/C25H28F3N5O4S2/c1-24(2,3)37-23(34)33(21-15-38-16-30-21)39(35,36)22-11-19(25(26,27)28)20(12-29-22)31-18-9-10-32(14-18)13-17-7-5-4-6-8-17/h4-8,11-12,15-16,18,31H,9-10,13-14H2,1-3H3/t18-/m0/s1. The van der Waals surface area contributed by atoms with Gasteiger partial charge in [0.1, 0.15) is 5.60 Å². The predicted molar refractivity (Wildman–Crippen MR) is 141 cm³/mol. The van der Waals surface area contributed by atoms with Gasteiger partial charge in [-0.3, -0.25) is 4.90 Å². The van der Waals surface area contributed by atoms with Gasteiger partial charge in [-0.1, -0.05) is 30.3 Å². The Morgan fingerprint density at radius 3 is 2.54 bits per heavy atom. The molecule has 1 N–H and O–H groups in total. The first kappa shape index (κ1) is 28.8. The third-order valence-electron chi connectivity index (χ3n) is 5.76. The topological polar surface area (TPSA) is 105 Å². The molecule has 0 spiro atoms. The van der Waals surface area contributed by atoms with E-state index >= 15 is 0 Å². The third-order valence-corrected chi connectivity index (χ3v) is 7.90. The van der Waals surface area contributed by atoms with Crippen molar-refractivity contribution in [1.82, 2.24) is 14.9 Å². The van der Waals surface area contributed by atoms with E-state index < -0.39 is 38.5 Å². The summed E-state index contributed by atoms with van der Waals surface area (Å²) in [6.07, 6.45) is -4.77. The number of hydrogen-bond acceptors (Lipinski definition) is 9. The highest BCUT2D eigenvalue weighted by Crippen LogP contribution is 2.37. The minimum absolute atomic E-state index is 0.225. The van der Waals surface area contributed by atoms with Crippen LogP contribution in [-0.2, 0) is 27.5 Å². The molecule has 3 aromatic rings. The number of amides is 1. The molecule has 1 fully saturated rings. The molecule has 14 heteroatoms. The Bertz CT molecular complexity index is 1400. The molecule has 0 unspecified atom stereocenters. The second-order valence-corrected chi connectivity index (χ2v) is 12.5. The number of ether oxygens (including phenoxy) is 1. The van der Waals surface area contributed by atoms with Crippen molar-refractivity contribution in [2.24, 2.45) is 0 Å². The molecule has 1 saturated heterocycles. The van der Waals surface area contributed by atoms with E-state index in [1.165, 1.54) is 31.7 Å². The van der Waals surface area contributed by atoms with Crippen molar-refractivity contribution >= 4 is 39.0 Å². The molecule has 0 saturated carbocycles. The van der Waals surface area contributed by atoms with Gasteiger partial charge in [-0.2, -0.15) is 21.6 Å². The van der Waals surface area contributed by atoms with Crippen molar-refractivity contribution in [3.8, 4) is 0 Å². The Balaban J connectivity index is 1.60.